The average Bonchev–Trinajstić information content (AvgIpc) is 2.85. The number of nitrogens with zero attached hydrogens (tertiary/aromatic N) is 1. The van der Waals surface area contributed by atoms with Gasteiger partial charge in [-0.1, -0.05) is 43.4 Å². The normalized spacial score (nSPS) is 23.3. The van der Waals surface area contributed by atoms with Crippen LogP contribution in [0.15, 0.2) is 24.3 Å². The first-order chi connectivity index (χ1) is 11.6. The lowest BCUT2D eigenvalue weighted by atomic mass is 9.80. The average molecular weight is 329 g/mol. The zero-order chi connectivity index (χ0) is 17.1. The van der Waals surface area contributed by atoms with Crippen molar-refractivity contribution in [1.82, 2.24) is 5.06 Å². The number of carbonyl (C=O) groups excluding carboxylic acids is 3. The molecule has 0 atom stereocenters. The third-order valence-electron chi connectivity index (χ3n) is 5.08. The van der Waals surface area contributed by atoms with Crippen LogP contribution in [0.4, 0.5) is 0 Å². The minimum atomic E-state index is -0.555. The van der Waals surface area contributed by atoms with Crippen molar-refractivity contribution in [3.05, 3.63) is 35.4 Å². The van der Waals surface area contributed by atoms with E-state index in [9.17, 15) is 14.4 Å². The molecule has 5 heteroatoms. The molecule has 0 radical (unpaired) electrons. The third-order valence-corrected chi connectivity index (χ3v) is 5.08. The molecule has 1 saturated carbocycles. The van der Waals surface area contributed by atoms with Gasteiger partial charge in [0.1, 0.15) is 0 Å². The molecule has 1 aromatic carbocycles. The topological polar surface area (TPSA) is 63.7 Å². The Morgan fingerprint density at radius 1 is 1.08 bits per heavy atom. The van der Waals surface area contributed by atoms with Gasteiger partial charge in [0.2, 0.25) is 0 Å². The molecule has 2 amide bonds. The minimum absolute atomic E-state index is 0.216. The van der Waals surface area contributed by atoms with Crippen LogP contribution in [0.2, 0.25) is 0 Å². The van der Waals surface area contributed by atoms with Crippen molar-refractivity contribution in [2.75, 3.05) is 0 Å². The van der Waals surface area contributed by atoms with Gasteiger partial charge in [0, 0.05) is 0 Å². The molecule has 0 spiro atoms. The van der Waals surface area contributed by atoms with Crippen molar-refractivity contribution in [3.63, 3.8) is 0 Å². The highest BCUT2D eigenvalue weighted by molar-refractivity contribution is 6.20. The maximum atomic E-state index is 12.3. The number of fused-ring (bicyclic) bond motifs is 1. The van der Waals surface area contributed by atoms with Crippen LogP contribution in [-0.4, -0.2) is 22.8 Å². The van der Waals surface area contributed by atoms with Crippen LogP contribution in [0.3, 0.4) is 0 Å². The summed E-state index contributed by atoms with van der Waals surface area (Å²) in [5, 5.41) is 0.621. The SMILES string of the molecule is CCCCC1CCC(C(=O)ON2C(=O)c3ccccc3C2=O)CC1. The fourth-order valence-corrected chi connectivity index (χ4v) is 3.59. The zero-order valence-electron chi connectivity index (χ0n) is 14.0. The molecule has 1 aliphatic heterocycles. The lowest BCUT2D eigenvalue weighted by Crippen LogP contribution is -2.36. The highest BCUT2D eigenvalue weighted by Gasteiger charge is 2.40. The largest absolute Gasteiger partial charge is 0.336 e. The summed E-state index contributed by atoms with van der Waals surface area (Å²) in [6.45, 7) is 2.19. The number of imide groups is 1. The summed E-state index contributed by atoms with van der Waals surface area (Å²) in [7, 11) is 0. The Labute approximate surface area is 141 Å². The van der Waals surface area contributed by atoms with Crippen molar-refractivity contribution in [3.8, 4) is 0 Å². The number of carbonyl (C=O) groups is 3. The molecule has 1 fully saturated rings. The van der Waals surface area contributed by atoms with Gasteiger partial charge in [-0.05, 0) is 43.7 Å². The second-order valence-electron chi connectivity index (χ2n) is 6.72. The monoisotopic (exact) mass is 329 g/mol. The Balaban J connectivity index is 1.57. The van der Waals surface area contributed by atoms with E-state index in [2.05, 4.69) is 6.92 Å². The van der Waals surface area contributed by atoms with Crippen molar-refractivity contribution in [1.29, 1.82) is 0 Å². The standard InChI is InChI=1S/C19H23NO4/c1-2-3-6-13-9-11-14(12-10-13)19(23)24-20-17(21)15-7-4-5-8-16(15)18(20)22/h4-5,7-8,13-14H,2-3,6,9-12H2,1H3. The van der Waals surface area contributed by atoms with Gasteiger partial charge in [-0.3, -0.25) is 9.59 Å². The van der Waals surface area contributed by atoms with Crippen LogP contribution in [0.1, 0.15) is 72.6 Å². The number of hydrogen-bond donors (Lipinski definition) is 0. The molecule has 128 valence electrons. The number of benzene rings is 1. The van der Waals surface area contributed by atoms with Gasteiger partial charge in [-0.15, -0.1) is 0 Å². The molecule has 0 saturated heterocycles. The van der Waals surface area contributed by atoms with Crippen molar-refractivity contribution in [2.24, 2.45) is 11.8 Å². The second-order valence-corrected chi connectivity index (χ2v) is 6.72. The summed E-state index contributed by atoms with van der Waals surface area (Å²) >= 11 is 0. The molecule has 2 aliphatic rings. The minimum Gasteiger partial charge on any atom is -0.329 e. The molecule has 0 N–H and O–H groups in total. The highest BCUT2D eigenvalue weighted by Crippen LogP contribution is 2.33. The maximum Gasteiger partial charge on any atom is 0.336 e. The number of amides is 2. The van der Waals surface area contributed by atoms with Gasteiger partial charge in [0.25, 0.3) is 11.8 Å². The third kappa shape index (κ3) is 3.21. The first-order valence-corrected chi connectivity index (χ1v) is 8.81. The molecule has 3 rings (SSSR count). The van der Waals surface area contributed by atoms with E-state index in [-0.39, 0.29) is 5.92 Å². The summed E-state index contributed by atoms with van der Waals surface area (Å²) in [6.07, 6.45) is 7.23. The summed E-state index contributed by atoms with van der Waals surface area (Å²) < 4.78 is 0. The summed E-state index contributed by atoms with van der Waals surface area (Å²) in [6, 6.07) is 6.52. The predicted molar refractivity (Wildman–Crippen MR) is 88.0 cm³/mol. The van der Waals surface area contributed by atoms with Gasteiger partial charge in [0.15, 0.2) is 0 Å². The fraction of sp³-hybridized carbons (Fsp3) is 0.526. The summed E-state index contributed by atoms with van der Waals surface area (Å²) in [4.78, 5) is 42.0. The smallest absolute Gasteiger partial charge is 0.329 e. The van der Waals surface area contributed by atoms with E-state index >= 15 is 0 Å². The van der Waals surface area contributed by atoms with E-state index < -0.39 is 17.8 Å². The maximum absolute atomic E-state index is 12.3. The van der Waals surface area contributed by atoms with Gasteiger partial charge < -0.3 is 4.84 Å². The van der Waals surface area contributed by atoms with Gasteiger partial charge >= 0.3 is 5.97 Å². The lowest BCUT2D eigenvalue weighted by Gasteiger charge is -2.27. The Hall–Kier alpha value is -2.17. The van der Waals surface area contributed by atoms with E-state index in [1.807, 2.05) is 0 Å². The Kier molecular flexibility index (Phi) is 4.97. The van der Waals surface area contributed by atoms with Crippen molar-refractivity contribution < 1.29 is 19.2 Å². The number of unbranched alkanes of at least 4 members (excludes halogenated alkanes) is 1. The Morgan fingerprint density at radius 2 is 1.67 bits per heavy atom. The van der Waals surface area contributed by atoms with E-state index in [0.717, 1.165) is 25.7 Å². The van der Waals surface area contributed by atoms with Crippen LogP contribution in [0.5, 0.6) is 0 Å². The van der Waals surface area contributed by atoms with Crippen molar-refractivity contribution in [2.45, 2.75) is 51.9 Å². The molecule has 1 heterocycles. The van der Waals surface area contributed by atoms with Crippen LogP contribution in [0.25, 0.3) is 0 Å². The Morgan fingerprint density at radius 3 is 2.21 bits per heavy atom. The summed E-state index contributed by atoms with van der Waals surface area (Å²) in [5.41, 5.74) is 0.581. The molecule has 1 aliphatic carbocycles. The highest BCUT2D eigenvalue weighted by atomic mass is 16.7. The lowest BCUT2D eigenvalue weighted by molar-refractivity contribution is -0.175. The quantitative estimate of drug-likeness (QED) is 0.772. The first kappa shape index (κ1) is 16.7. The predicted octanol–water partition coefficient (Wildman–Crippen LogP) is 3.74. The van der Waals surface area contributed by atoms with Crippen LogP contribution < -0.4 is 0 Å². The van der Waals surface area contributed by atoms with E-state index in [1.54, 1.807) is 24.3 Å². The van der Waals surface area contributed by atoms with Crippen LogP contribution >= 0.6 is 0 Å². The molecular formula is C19H23NO4. The molecule has 24 heavy (non-hydrogen) atoms. The van der Waals surface area contributed by atoms with E-state index in [4.69, 9.17) is 4.84 Å². The van der Waals surface area contributed by atoms with E-state index in [1.165, 1.54) is 19.3 Å². The van der Waals surface area contributed by atoms with Crippen LogP contribution in [0, 0.1) is 11.8 Å². The molecule has 5 nitrogen and oxygen atoms in total. The fourth-order valence-electron chi connectivity index (χ4n) is 3.59. The molecule has 0 unspecified atom stereocenters. The van der Waals surface area contributed by atoms with Gasteiger partial charge in [0.05, 0.1) is 17.0 Å². The zero-order valence-corrected chi connectivity index (χ0v) is 14.0. The number of hydroxylamine groups is 2. The van der Waals surface area contributed by atoms with Gasteiger partial charge in [-0.2, -0.15) is 0 Å². The van der Waals surface area contributed by atoms with Gasteiger partial charge in [-0.25, -0.2) is 4.79 Å². The number of rotatable bonds is 5. The van der Waals surface area contributed by atoms with Crippen LogP contribution in [-0.2, 0) is 9.63 Å². The molecule has 0 aromatic heterocycles. The molecular weight excluding hydrogens is 306 g/mol. The Bertz CT molecular complexity index is 612. The summed E-state index contributed by atoms with van der Waals surface area (Å²) in [5.74, 6) is -1.10. The number of hydrogen-bond acceptors (Lipinski definition) is 4. The first-order valence-electron chi connectivity index (χ1n) is 8.81. The second kappa shape index (κ2) is 7.16. The van der Waals surface area contributed by atoms with Crippen molar-refractivity contribution >= 4 is 17.8 Å². The molecule has 0 bridgehead atoms. The van der Waals surface area contributed by atoms with E-state index in [0.29, 0.717) is 22.1 Å². The molecule has 1 aromatic rings.